The molecule has 0 saturated carbocycles. The van der Waals surface area contributed by atoms with E-state index in [0.29, 0.717) is 12.8 Å². The lowest BCUT2D eigenvalue weighted by Gasteiger charge is -2.11. The third-order valence-electron chi connectivity index (χ3n) is 4.50. The van der Waals surface area contributed by atoms with Crippen molar-refractivity contribution in [2.24, 2.45) is 0 Å². The van der Waals surface area contributed by atoms with Gasteiger partial charge in [-0.25, -0.2) is 4.21 Å². The molecule has 0 aromatic carbocycles. The molecule has 4 nitrogen and oxygen atoms in total. The second-order valence-electron chi connectivity index (χ2n) is 6.85. The summed E-state index contributed by atoms with van der Waals surface area (Å²) in [5, 5.41) is 9.78. The van der Waals surface area contributed by atoms with Gasteiger partial charge in [-0.2, -0.15) is 0 Å². The first-order valence-corrected chi connectivity index (χ1v) is 11.1. The molecule has 0 aliphatic carbocycles. The van der Waals surface area contributed by atoms with Crippen molar-refractivity contribution in [2.45, 2.75) is 116 Å². The van der Waals surface area contributed by atoms with Gasteiger partial charge >= 0.3 is 0 Å². The lowest BCUT2D eigenvalue weighted by molar-refractivity contribution is 0.140. The van der Waals surface area contributed by atoms with E-state index in [2.05, 4.69) is 11.1 Å². The number of rotatable bonds is 19. The monoisotopic (exact) mass is 363 g/mol. The molecular formula is C19H39O4S-. The molecule has 0 aromatic rings. The number of aliphatic hydroxyl groups is 1. The van der Waals surface area contributed by atoms with Crippen molar-refractivity contribution in [1.29, 1.82) is 0 Å². The summed E-state index contributed by atoms with van der Waals surface area (Å²) in [7, 11) is 0. The van der Waals surface area contributed by atoms with Crippen LogP contribution < -0.4 is 0 Å². The normalized spacial score (nSPS) is 14.0. The van der Waals surface area contributed by atoms with Gasteiger partial charge in [0.05, 0.1) is 24.1 Å². The van der Waals surface area contributed by atoms with E-state index in [1.807, 2.05) is 0 Å². The summed E-state index contributed by atoms with van der Waals surface area (Å²) in [4.78, 5) is 0. The summed E-state index contributed by atoms with van der Waals surface area (Å²) in [5.41, 5.74) is 0. The molecule has 0 spiro atoms. The molecule has 0 radical (unpaired) electrons. The molecule has 146 valence electrons. The fourth-order valence-corrected chi connectivity index (χ4v) is 3.24. The van der Waals surface area contributed by atoms with Gasteiger partial charge in [-0.05, 0) is 19.3 Å². The van der Waals surface area contributed by atoms with Gasteiger partial charge in [-0.15, -0.1) is 0 Å². The van der Waals surface area contributed by atoms with Gasteiger partial charge in [0.1, 0.15) is 0 Å². The minimum Gasteiger partial charge on any atom is -0.750 e. The van der Waals surface area contributed by atoms with E-state index >= 15 is 0 Å². The number of aliphatic hydroxyl groups excluding tert-OH is 1. The zero-order valence-corrected chi connectivity index (χ0v) is 16.5. The van der Waals surface area contributed by atoms with Gasteiger partial charge in [0.2, 0.25) is 0 Å². The van der Waals surface area contributed by atoms with Crippen molar-refractivity contribution < 1.29 is 18.1 Å². The van der Waals surface area contributed by atoms with Crippen LogP contribution in [0.15, 0.2) is 0 Å². The Labute approximate surface area is 152 Å². The SMILES string of the molecule is CCCCCCCCCCCCCCCC(O)CCCOS(=O)[O-]. The second-order valence-corrected chi connectivity index (χ2v) is 7.50. The molecule has 0 aliphatic rings. The van der Waals surface area contributed by atoms with Crippen LogP contribution in [-0.2, 0) is 15.5 Å². The minimum absolute atomic E-state index is 0.172. The Morgan fingerprint density at radius 2 is 1.21 bits per heavy atom. The van der Waals surface area contributed by atoms with E-state index in [0.717, 1.165) is 12.8 Å². The molecule has 5 heteroatoms. The fourth-order valence-electron chi connectivity index (χ4n) is 2.99. The molecule has 2 atom stereocenters. The number of hydrogen-bond acceptors (Lipinski definition) is 4. The molecule has 0 aliphatic heterocycles. The zero-order chi connectivity index (χ0) is 17.9. The lowest BCUT2D eigenvalue weighted by atomic mass is 10.0. The van der Waals surface area contributed by atoms with Crippen LogP contribution in [-0.4, -0.2) is 26.6 Å². The molecule has 0 fully saturated rings. The Morgan fingerprint density at radius 3 is 1.67 bits per heavy atom. The topological polar surface area (TPSA) is 69.6 Å². The van der Waals surface area contributed by atoms with E-state index in [1.165, 1.54) is 77.0 Å². The first-order valence-electron chi connectivity index (χ1n) is 10.1. The Balaban J connectivity index is 3.12. The Kier molecular flexibility index (Phi) is 19.4. The zero-order valence-electron chi connectivity index (χ0n) is 15.7. The van der Waals surface area contributed by atoms with Crippen molar-refractivity contribution in [3.8, 4) is 0 Å². The molecule has 0 amide bonds. The predicted molar refractivity (Wildman–Crippen MR) is 100 cm³/mol. The van der Waals surface area contributed by atoms with E-state index in [9.17, 15) is 13.9 Å². The van der Waals surface area contributed by atoms with E-state index in [4.69, 9.17) is 0 Å². The molecule has 24 heavy (non-hydrogen) atoms. The second kappa shape index (κ2) is 19.4. The molecule has 0 bridgehead atoms. The van der Waals surface area contributed by atoms with Crippen LogP contribution in [0.3, 0.4) is 0 Å². The van der Waals surface area contributed by atoms with Gasteiger partial charge < -0.3 is 13.8 Å². The Hall–Kier alpha value is 0.0300. The average molecular weight is 364 g/mol. The smallest absolute Gasteiger partial charge is 0.0842 e. The highest BCUT2D eigenvalue weighted by molar-refractivity contribution is 7.74. The summed E-state index contributed by atoms with van der Waals surface area (Å²) in [6, 6.07) is 0. The predicted octanol–water partition coefficient (Wildman–Crippen LogP) is 5.42. The van der Waals surface area contributed by atoms with Crippen LogP contribution >= 0.6 is 0 Å². The Bertz CT molecular complexity index is 274. The maximum Gasteiger partial charge on any atom is 0.0842 e. The van der Waals surface area contributed by atoms with Gasteiger partial charge in [0, 0.05) is 0 Å². The largest absolute Gasteiger partial charge is 0.750 e. The molecular weight excluding hydrogens is 324 g/mol. The molecule has 0 heterocycles. The maximum absolute atomic E-state index is 10.2. The maximum atomic E-state index is 10.2. The quantitative estimate of drug-likeness (QED) is 0.246. The molecule has 0 aromatic heterocycles. The molecule has 2 unspecified atom stereocenters. The first-order chi connectivity index (χ1) is 11.7. The van der Waals surface area contributed by atoms with E-state index in [-0.39, 0.29) is 12.7 Å². The van der Waals surface area contributed by atoms with Gasteiger partial charge in [0.15, 0.2) is 0 Å². The number of hydrogen-bond donors (Lipinski definition) is 1. The van der Waals surface area contributed by atoms with Crippen LogP contribution in [0.5, 0.6) is 0 Å². The van der Waals surface area contributed by atoms with Crippen molar-refractivity contribution in [1.82, 2.24) is 0 Å². The van der Waals surface area contributed by atoms with Crippen molar-refractivity contribution >= 4 is 11.4 Å². The van der Waals surface area contributed by atoms with Crippen molar-refractivity contribution in [3.63, 3.8) is 0 Å². The molecule has 0 saturated heterocycles. The summed E-state index contributed by atoms with van der Waals surface area (Å²) >= 11 is -2.43. The summed E-state index contributed by atoms with van der Waals surface area (Å²) < 4.78 is 24.8. The summed E-state index contributed by atoms with van der Waals surface area (Å²) in [6.45, 7) is 2.43. The van der Waals surface area contributed by atoms with Crippen LogP contribution in [0.4, 0.5) is 0 Å². The van der Waals surface area contributed by atoms with Crippen LogP contribution in [0.25, 0.3) is 0 Å². The lowest BCUT2D eigenvalue weighted by Crippen LogP contribution is -2.08. The van der Waals surface area contributed by atoms with Gasteiger partial charge in [-0.1, -0.05) is 90.4 Å². The number of unbranched alkanes of at least 4 members (excludes halogenated alkanes) is 12. The Morgan fingerprint density at radius 1 is 0.792 bits per heavy atom. The van der Waals surface area contributed by atoms with Gasteiger partial charge in [0.25, 0.3) is 0 Å². The molecule has 0 rings (SSSR count). The highest BCUT2D eigenvalue weighted by Gasteiger charge is 2.03. The third-order valence-corrected chi connectivity index (χ3v) is 4.86. The highest BCUT2D eigenvalue weighted by atomic mass is 32.2. The van der Waals surface area contributed by atoms with Crippen LogP contribution in [0.2, 0.25) is 0 Å². The van der Waals surface area contributed by atoms with Crippen molar-refractivity contribution in [3.05, 3.63) is 0 Å². The summed E-state index contributed by atoms with van der Waals surface area (Å²) in [6.07, 6.45) is 19.0. The fraction of sp³-hybridized carbons (Fsp3) is 1.00. The average Bonchev–Trinajstić information content (AvgIpc) is 2.55. The van der Waals surface area contributed by atoms with E-state index in [1.54, 1.807) is 0 Å². The first kappa shape index (κ1) is 24.0. The standard InChI is InChI=1S/C19H40O4S/c1-2-3-4-5-6-7-8-9-10-11-12-13-14-16-19(20)17-15-18-23-24(21)22/h19-20H,2-18H2,1H3,(H,21,22)/p-1. The summed E-state index contributed by atoms with van der Waals surface area (Å²) in [5.74, 6) is 0. The minimum atomic E-state index is -2.43. The van der Waals surface area contributed by atoms with Gasteiger partial charge in [-0.3, -0.25) is 0 Å². The van der Waals surface area contributed by atoms with Crippen LogP contribution in [0, 0.1) is 0 Å². The van der Waals surface area contributed by atoms with E-state index < -0.39 is 11.4 Å². The van der Waals surface area contributed by atoms with Crippen molar-refractivity contribution in [2.75, 3.05) is 6.61 Å². The van der Waals surface area contributed by atoms with Crippen LogP contribution in [0.1, 0.15) is 110 Å². The highest BCUT2D eigenvalue weighted by Crippen LogP contribution is 2.14. The molecule has 1 N–H and O–H groups in total. The third kappa shape index (κ3) is 20.1.